The van der Waals surface area contributed by atoms with Crippen LogP contribution in [0.1, 0.15) is 56.4 Å². The zero-order valence-electron chi connectivity index (χ0n) is 19.9. The third kappa shape index (κ3) is 3.42. The fourth-order valence-corrected chi connectivity index (χ4v) is 5.24. The van der Waals surface area contributed by atoms with Gasteiger partial charge in [-0.3, -0.25) is 14.4 Å². The summed E-state index contributed by atoms with van der Waals surface area (Å²) in [5, 5.41) is 18.4. The Balaban J connectivity index is 1.49. The molecular formula is C24H29FN8O. The summed E-state index contributed by atoms with van der Waals surface area (Å²) in [5.74, 6) is -0.748. The molecule has 2 N–H and O–H groups in total. The number of nitrogens with zero attached hydrogens (tertiary/aromatic N) is 7. The third-order valence-electron chi connectivity index (χ3n) is 7.24. The van der Waals surface area contributed by atoms with Gasteiger partial charge in [-0.2, -0.15) is 15.5 Å². The van der Waals surface area contributed by atoms with E-state index in [1.807, 2.05) is 13.8 Å². The lowest BCUT2D eigenvalue weighted by atomic mass is 9.89. The molecule has 0 saturated heterocycles. The third-order valence-corrected chi connectivity index (χ3v) is 7.24. The Hall–Kier alpha value is -3.45. The van der Waals surface area contributed by atoms with Gasteiger partial charge in [0.1, 0.15) is 17.3 Å². The fraction of sp³-hybridized carbons (Fsp3) is 0.500. The van der Waals surface area contributed by atoms with Crippen molar-refractivity contribution in [2.24, 2.45) is 11.1 Å². The van der Waals surface area contributed by atoms with Crippen LogP contribution in [0.15, 0.2) is 18.3 Å². The molecular weight excluding hydrogens is 435 g/mol. The van der Waals surface area contributed by atoms with Gasteiger partial charge in [0.05, 0.1) is 41.3 Å². The molecule has 178 valence electrons. The van der Waals surface area contributed by atoms with Crippen molar-refractivity contribution in [1.82, 2.24) is 24.3 Å². The van der Waals surface area contributed by atoms with E-state index >= 15 is 0 Å². The van der Waals surface area contributed by atoms with Gasteiger partial charge in [-0.1, -0.05) is 0 Å². The summed E-state index contributed by atoms with van der Waals surface area (Å²) in [7, 11) is 0. The Morgan fingerprint density at radius 3 is 2.76 bits per heavy atom. The van der Waals surface area contributed by atoms with Gasteiger partial charge in [0.15, 0.2) is 5.82 Å². The molecule has 5 heterocycles. The summed E-state index contributed by atoms with van der Waals surface area (Å²) in [6.07, 6.45) is 1.98. The van der Waals surface area contributed by atoms with E-state index in [1.54, 1.807) is 12.1 Å². The zero-order valence-corrected chi connectivity index (χ0v) is 19.9. The predicted molar refractivity (Wildman–Crippen MR) is 124 cm³/mol. The summed E-state index contributed by atoms with van der Waals surface area (Å²) in [5.41, 5.74) is 9.73. The molecule has 0 aromatic carbocycles. The van der Waals surface area contributed by atoms with Crippen molar-refractivity contribution in [2.45, 2.75) is 59.3 Å². The fourth-order valence-electron chi connectivity index (χ4n) is 5.24. The monoisotopic (exact) mass is 464 g/mol. The summed E-state index contributed by atoms with van der Waals surface area (Å²) < 4.78 is 18.2. The van der Waals surface area contributed by atoms with Crippen molar-refractivity contribution in [3.8, 4) is 6.07 Å². The van der Waals surface area contributed by atoms with Crippen molar-refractivity contribution in [3.63, 3.8) is 0 Å². The Morgan fingerprint density at radius 1 is 1.29 bits per heavy atom. The van der Waals surface area contributed by atoms with E-state index in [2.05, 4.69) is 39.5 Å². The molecule has 34 heavy (non-hydrogen) atoms. The molecule has 0 saturated carbocycles. The average molecular weight is 465 g/mol. The molecule has 2 atom stereocenters. The molecule has 0 unspecified atom stereocenters. The number of hydrogen-bond acceptors (Lipinski definition) is 6. The van der Waals surface area contributed by atoms with E-state index in [0.717, 1.165) is 29.7 Å². The first-order valence-corrected chi connectivity index (χ1v) is 11.5. The number of fused-ring (bicyclic) bond motifs is 4. The van der Waals surface area contributed by atoms with Crippen LogP contribution in [-0.2, 0) is 24.3 Å². The largest absolute Gasteiger partial charge is 0.369 e. The minimum atomic E-state index is -0.620. The Labute approximate surface area is 197 Å². The highest BCUT2D eigenvalue weighted by atomic mass is 19.1. The van der Waals surface area contributed by atoms with Crippen LogP contribution in [0.3, 0.4) is 0 Å². The van der Waals surface area contributed by atoms with Crippen LogP contribution in [0.2, 0.25) is 0 Å². The summed E-state index contributed by atoms with van der Waals surface area (Å²) in [6.45, 7) is 10.5. The minimum Gasteiger partial charge on any atom is -0.369 e. The van der Waals surface area contributed by atoms with Gasteiger partial charge in [-0.25, -0.2) is 8.91 Å². The maximum Gasteiger partial charge on any atom is 0.224 e. The number of rotatable bonds is 4. The van der Waals surface area contributed by atoms with Crippen molar-refractivity contribution in [3.05, 3.63) is 46.8 Å². The first kappa shape index (κ1) is 22.3. The van der Waals surface area contributed by atoms with Crippen molar-refractivity contribution >= 4 is 17.1 Å². The lowest BCUT2D eigenvalue weighted by Crippen LogP contribution is -2.47. The van der Waals surface area contributed by atoms with E-state index in [4.69, 9.17) is 10.8 Å². The zero-order chi connectivity index (χ0) is 24.4. The van der Waals surface area contributed by atoms with Crippen molar-refractivity contribution in [2.75, 3.05) is 18.0 Å². The van der Waals surface area contributed by atoms with E-state index in [1.165, 1.54) is 10.1 Å². The number of pyridine rings is 1. The maximum atomic E-state index is 14.7. The number of aromatic nitrogens is 4. The molecule has 2 aliphatic heterocycles. The van der Waals surface area contributed by atoms with Crippen LogP contribution in [0.4, 0.5) is 10.1 Å². The number of anilines is 1. The highest BCUT2D eigenvalue weighted by molar-refractivity contribution is 5.80. The molecule has 0 fully saturated rings. The number of primary amides is 1. The highest BCUT2D eigenvalue weighted by Gasteiger charge is 2.37. The Kier molecular flexibility index (Phi) is 5.13. The van der Waals surface area contributed by atoms with Gasteiger partial charge in [-0.05, 0) is 46.2 Å². The quantitative estimate of drug-likeness (QED) is 0.635. The van der Waals surface area contributed by atoms with E-state index in [9.17, 15) is 14.4 Å². The van der Waals surface area contributed by atoms with Crippen LogP contribution in [0.25, 0.3) is 5.52 Å². The lowest BCUT2D eigenvalue weighted by Gasteiger charge is -2.38. The van der Waals surface area contributed by atoms with Crippen LogP contribution >= 0.6 is 0 Å². The van der Waals surface area contributed by atoms with Crippen molar-refractivity contribution < 1.29 is 9.18 Å². The number of hydrogen-bond donors (Lipinski definition) is 1. The highest BCUT2D eigenvalue weighted by Crippen LogP contribution is 2.36. The molecule has 1 amide bonds. The number of halogens is 1. The van der Waals surface area contributed by atoms with Gasteiger partial charge in [0.2, 0.25) is 5.91 Å². The maximum absolute atomic E-state index is 14.7. The Bertz CT molecular complexity index is 1330. The smallest absolute Gasteiger partial charge is 0.224 e. The first-order valence-electron chi connectivity index (χ1n) is 11.5. The molecule has 3 aromatic rings. The van der Waals surface area contributed by atoms with Crippen LogP contribution in [-0.4, -0.2) is 49.3 Å². The second-order valence-corrected chi connectivity index (χ2v) is 10.2. The Morgan fingerprint density at radius 2 is 2.06 bits per heavy atom. The minimum absolute atomic E-state index is 0.0850. The molecule has 0 spiro atoms. The van der Waals surface area contributed by atoms with Gasteiger partial charge in [0.25, 0.3) is 0 Å². The molecule has 10 heteroatoms. The second kappa shape index (κ2) is 7.81. The second-order valence-electron chi connectivity index (χ2n) is 10.2. The number of nitriles is 1. The molecule has 0 radical (unpaired) electrons. The number of carbonyl (C=O) groups excluding carboxylic acids is 1. The topological polar surface area (TPSA) is 108 Å². The van der Waals surface area contributed by atoms with Crippen LogP contribution in [0, 0.1) is 22.6 Å². The number of carbonyl (C=O) groups is 1. The van der Waals surface area contributed by atoms with Gasteiger partial charge in [-0.15, -0.1) is 0 Å². The summed E-state index contributed by atoms with van der Waals surface area (Å²) in [6, 6.07) is 5.88. The molecule has 2 aliphatic rings. The van der Waals surface area contributed by atoms with E-state index in [0.29, 0.717) is 37.4 Å². The standard InChI is InChI=1S/C24H29FN8O/c1-14-7-17-19(11-31(14)13-24(3,4)23(27)34)29-32-15(2)10-30(12-21(17)32)20-6-5-16(8-26)33-22(20)18(25)9-28-33/h5-6,9,14-15H,7,10-13H2,1-4H3,(H2,27,34)/t14-,15+/m0/s1. The van der Waals surface area contributed by atoms with E-state index < -0.39 is 11.2 Å². The van der Waals surface area contributed by atoms with Gasteiger partial charge >= 0.3 is 0 Å². The van der Waals surface area contributed by atoms with Crippen LogP contribution < -0.4 is 10.6 Å². The summed E-state index contributed by atoms with van der Waals surface area (Å²) >= 11 is 0. The number of amides is 1. The molecule has 5 rings (SSSR count). The van der Waals surface area contributed by atoms with Crippen molar-refractivity contribution in [1.29, 1.82) is 5.26 Å². The first-order chi connectivity index (χ1) is 16.1. The molecule has 3 aromatic heterocycles. The average Bonchev–Trinajstić information content (AvgIpc) is 3.34. The van der Waals surface area contributed by atoms with Crippen LogP contribution in [0.5, 0.6) is 0 Å². The molecule has 0 aliphatic carbocycles. The van der Waals surface area contributed by atoms with Gasteiger partial charge < -0.3 is 10.6 Å². The van der Waals surface area contributed by atoms with E-state index in [-0.39, 0.29) is 18.0 Å². The normalized spacial score (nSPS) is 20.8. The lowest BCUT2D eigenvalue weighted by molar-refractivity contribution is -0.127. The number of nitrogens with two attached hydrogens (primary N) is 1. The molecule has 9 nitrogen and oxygen atoms in total. The predicted octanol–water partition coefficient (Wildman–Crippen LogP) is 2.38. The summed E-state index contributed by atoms with van der Waals surface area (Å²) in [4.78, 5) is 16.3. The van der Waals surface area contributed by atoms with Gasteiger partial charge in [0, 0.05) is 31.2 Å². The molecule has 0 bridgehead atoms. The SMILES string of the molecule is C[C@@H]1CN(c2ccc(C#N)n3ncc(F)c23)Cc2c3c(nn21)CN(CC(C)(C)C(N)=O)[C@@H](C)C3.